The van der Waals surface area contributed by atoms with E-state index in [0.29, 0.717) is 6.61 Å². The summed E-state index contributed by atoms with van der Waals surface area (Å²) in [4.78, 5) is 14.5. The lowest BCUT2D eigenvalue weighted by Crippen LogP contribution is -2.32. The minimum atomic E-state index is -0.252. The Hall–Kier alpha value is -1.55. The van der Waals surface area contributed by atoms with E-state index in [4.69, 9.17) is 4.74 Å². The second-order valence-electron chi connectivity index (χ2n) is 5.63. The minimum absolute atomic E-state index is 0.0145. The van der Waals surface area contributed by atoms with Crippen molar-refractivity contribution in [2.24, 2.45) is 0 Å². The highest BCUT2D eigenvalue weighted by Gasteiger charge is 2.59. The van der Waals surface area contributed by atoms with Crippen molar-refractivity contribution in [1.29, 1.82) is 0 Å². The maximum absolute atomic E-state index is 12.5. The van der Waals surface area contributed by atoms with Crippen molar-refractivity contribution in [3.05, 3.63) is 29.8 Å². The molecule has 108 valence electrons. The summed E-state index contributed by atoms with van der Waals surface area (Å²) in [5, 5.41) is 3.53. The molecule has 20 heavy (non-hydrogen) atoms. The summed E-state index contributed by atoms with van der Waals surface area (Å²) in [7, 11) is 0. The molecule has 4 nitrogen and oxygen atoms in total. The number of rotatable bonds is 5. The fraction of sp³-hybridized carbons (Fsp3) is 0.562. The van der Waals surface area contributed by atoms with Gasteiger partial charge >= 0.3 is 0 Å². The summed E-state index contributed by atoms with van der Waals surface area (Å²) >= 11 is 0. The van der Waals surface area contributed by atoms with Gasteiger partial charge in [-0.1, -0.05) is 19.1 Å². The highest BCUT2D eigenvalue weighted by Crippen LogP contribution is 2.46. The van der Waals surface area contributed by atoms with Crippen LogP contribution in [0.5, 0.6) is 5.75 Å². The Labute approximate surface area is 120 Å². The number of nitrogens with zero attached hydrogens (tertiary/aromatic N) is 1. The van der Waals surface area contributed by atoms with Crippen molar-refractivity contribution in [1.82, 2.24) is 10.2 Å². The van der Waals surface area contributed by atoms with Crippen LogP contribution in [0.4, 0.5) is 0 Å². The third kappa shape index (κ3) is 2.18. The third-order valence-electron chi connectivity index (χ3n) is 4.12. The molecule has 2 aliphatic rings. The number of benzene rings is 1. The molecule has 1 unspecified atom stereocenters. The summed E-state index contributed by atoms with van der Waals surface area (Å²) in [6, 6.07) is 8.07. The number of amides is 1. The van der Waals surface area contributed by atoms with Crippen LogP contribution >= 0.6 is 0 Å². The quantitative estimate of drug-likeness (QED) is 0.896. The van der Waals surface area contributed by atoms with Gasteiger partial charge in [-0.2, -0.15) is 0 Å². The molecule has 1 N–H and O–H groups in total. The van der Waals surface area contributed by atoms with E-state index < -0.39 is 0 Å². The van der Waals surface area contributed by atoms with E-state index in [0.717, 1.165) is 37.1 Å². The molecule has 1 atom stereocenters. The van der Waals surface area contributed by atoms with E-state index in [1.54, 1.807) is 0 Å². The molecule has 4 heteroatoms. The van der Waals surface area contributed by atoms with Gasteiger partial charge in [0.1, 0.15) is 17.5 Å². The van der Waals surface area contributed by atoms with Gasteiger partial charge < -0.3 is 9.64 Å². The zero-order valence-corrected chi connectivity index (χ0v) is 12.2. The van der Waals surface area contributed by atoms with Crippen molar-refractivity contribution < 1.29 is 9.53 Å². The van der Waals surface area contributed by atoms with Gasteiger partial charge in [0.25, 0.3) is 0 Å². The Bertz CT molecular complexity index is 494. The molecule has 1 amide bonds. The average molecular weight is 274 g/mol. The van der Waals surface area contributed by atoms with Crippen molar-refractivity contribution in [3.8, 4) is 5.75 Å². The van der Waals surface area contributed by atoms with Gasteiger partial charge in [-0.05, 0) is 43.9 Å². The van der Waals surface area contributed by atoms with E-state index in [1.165, 1.54) is 0 Å². The van der Waals surface area contributed by atoms with Crippen molar-refractivity contribution in [2.75, 3.05) is 13.2 Å². The molecular weight excluding hydrogens is 252 g/mol. The number of hydrogen-bond donors (Lipinski definition) is 1. The maximum Gasteiger partial charge on any atom is 0.244 e. The van der Waals surface area contributed by atoms with Crippen molar-refractivity contribution in [2.45, 2.75) is 44.8 Å². The van der Waals surface area contributed by atoms with Crippen molar-refractivity contribution in [3.63, 3.8) is 0 Å². The zero-order valence-electron chi connectivity index (χ0n) is 12.2. The first-order valence-corrected chi connectivity index (χ1v) is 7.51. The van der Waals surface area contributed by atoms with Crippen molar-refractivity contribution >= 4 is 5.91 Å². The third-order valence-corrected chi connectivity index (χ3v) is 4.12. The van der Waals surface area contributed by atoms with Gasteiger partial charge in [0, 0.05) is 6.54 Å². The number of carbonyl (C=O) groups is 1. The fourth-order valence-corrected chi connectivity index (χ4v) is 2.92. The molecule has 1 aromatic rings. The maximum atomic E-state index is 12.5. The topological polar surface area (TPSA) is 41.6 Å². The number of carbonyl (C=O) groups excluding carboxylic acids is 1. The Morgan fingerprint density at radius 3 is 2.55 bits per heavy atom. The molecule has 1 aliphatic heterocycles. The van der Waals surface area contributed by atoms with Gasteiger partial charge in [-0.25, -0.2) is 0 Å². The lowest BCUT2D eigenvalue weighted by Gasteiger charge is -2.24. The molecule has 1 saturated heterocycles. The van der Waals surface area contributed by atoms with Crippen LogP contribution in [0.3, 0.4) is 0 Å². The van der Waals surface area contributed by atoms with Gasteiger partial charge in [0.15, 0.2) is 0 Å². The Morgan fingerprint density at radius 1 is 1.30 bits per heavy atom. The fourth-order valence-electron chi connectivity index (χ4n) is 2.92. The van der Waals surface area contributed by atoms with Gasteiger partial charge in [-0.15, -0.1) is 0 Å². The standard InChI is InChI=1S/C16H22N2O2/c1-3-11-18-14(17-16(9-10-16)15(18)19)12-5-7-13(8-6-12)20-4-2/h5-8,14,17H,3-4,9-11H2,1-2H3. The highest BCUT2D eigenvalue weighted by atomic mass is 16.5. The van der Waals surface area contributed by atoms with E-state index in [2.05, 4.69) is 24.4 Å². The predicted octanol–water partition coefficient (Wildman–Crippen LogP) is 2.46. The normalized spacial score (nSPS) is 23.4. The summed E-state index contributed by atoms with van der Waals surface area (Å²) in [6.07, 6.45) is 2.94. The van der Waals surface area contributed by atoms with Crippen LogP contribution in [-0.4, -0.2) is 29.5 Å². The number of nitrogens with one attached hydrogen (secondary N) is 1. The van der Waals surface area contributed by atoms with Crippen LogP contribution in [-0.2, 0) is 4.79 Å². The Kier molecular flexibility index (Phi) is 3.42. The van der Waals surface area contributed by atoms with Gasteiger partial charge in [0.05, 0.1) is 6.61 Å². The SMILES string of the molecule is CCCN1C(=O)C2(CC2)NC1c1ccc(OCC)cc1. The molecule has 1 spiro atoms. The second kappa shape index (κ2) is 5.09. The van der Waals surface area contributed by atoms with Crippen LogP contribution in [0.2, 0.25) is 0 Å². The number of ether oxygens (including phenoxy) is 1. The molecule has 2 fully saturated rings. The average Bonchev–Trinajstić information content (AvgIpc) is 3.19. The van der Waals surface area contributed by atoms with E-state index >= 15 is 0 Å². The Balaban J connectivity index is 1.82. The molecular formula is C16H22N2O2. The molecule has 0 aromatic heterocycles. The molecule has 3 rings (SSSR count). The lowest BCUT2D eigenvalue weighted by molar-refractivity contribution is -0.130. The predicted molar refractivity (Wildman–Crippen MR) is 77.5 cm³/mol. The van der Waals surface area contributed by atoms with Crippen LogP contribution < -0.4 is 10.1 Å². The van der Waals surface area contributed by atoms with Crippen LogP contribution in [0, 0.1) is 0 Å². The summed E-state index contributed by atoms with van der Waals surface area (Å²) in [5.74, 6) is 1.15. The molecule has 1 heterocycles. The van der Waals surface area contributed by atoms with Gasteiger partial charge in [-0.3, -0.25) is 10.1 Å². The first kappa shape index (κ1) is 13.4. The van der Waals surface area contributed by atoms with Gasteiger partial charge in [0.2, 0.25) is 5.91 Å². The largest absolute Gasteiger partial charge is 0.494 e. The molecule has 0 bridgehead atoms. The summed E-state index contributed by atoms with van der Waals surface area (Å²) in [5.41, 5.74) is 0.886. The van der Waals surface area contributed by atoms with Crippen LogP contribution in [0.25, 0.3) is 0 Å². The Morgan fingerprint density at radius 2 is 2.00 bits per heavy atom. The molecule has 1 aromatic carbocycles. The smallest absolute Gasteiger partial charge is 0.244 e. The first-order valence-electron chi connectivity index (χ1n) is 7.51. The van der Waals surface area contributed by atoms with E-state index in [-0.39, 0.29) is 17.6 Å². The highest BCUT2D eigenvalue weighted by molar-refractivity contribution is 5.92. The molecule has 1 aliphatic carbocycles. The van der Waals surface area contributed by atoms with E-state index in [9.17, 15) is 4.79 Å². The van der Waals surface area contributed by atoms with Crippen LogP contribution in [0.1, 0.15) is 44.8 Å². The van der Waals surface area contributed by atoms with E-state index in [1.807, 2.05) is 24.0 Å². The summed E-state index contributed by atoms with van der Waals surface area (Å²) < 4.78 is 5.47. The monoisotopic (exact) mass is 274 g/mol. The van der Waals surface area contributed by atoms with Crippen LogP contribution in [0.15, 0.2) is 24.3 Å². The molecule has 1 saturated carbocycles. The lowest BCUT2D eigenvalue weighted by atomic mass is 10.1. The molecule has 0 radical (unpaired) electrons. The zero-order chi connectivity index (χ0) is 14.2. The minimum Gasteiger partial charge on any atom is -0.494 e. The second-order valence-corrected chi connectivity index (χ2v) is 5.63. The first-order chi connectivity index (χ1) is 9.70. The number of hydrogen-bond acceptors (Lipinski definition) is 3. The summed E-state index contributed by atoms with van der Waals surface area (Å²) in [6.45, 7) is 5.57.